The third-order valence-corrected chi connectivity index (χ3v) is 4.77. The summed E-state index contributed by atoms with van der Waals surface area (Å²) in [5, 5.41) is 9.20. The second kappa shape index (κ2) is 7.60. The lowest BCUT2D eigenvalue weighted by Crippen LogP contribution is -2.16. The van der Waals surface area contributed by atoms with E-state index in [1.165, 1.54) is 0 Å². The zero-order valence-corrected chi connectivity index (χ0v) is 13.2. The Morgan fingerprint density at radius 2 is 1.74 bits per heavy atom. The highest BCUT2D eigenvalue weighted by Crippen LogP contribution is 2.36. The predicted octanol–water partition coefficient (Wildman–Crippen LogP) is 4.67. The van der Waals surface area contributed by atoms with Gasteiger partial charge in [0.25, 0.3) is 0 Å². The van der Waals surface area contributed by atoms with Crippen molar-refractivity contribution in [1.29, 1.82) is 0 Å². The van der Waals surface area contributed by atoms with Gasteiger partial charge in [0.2, 0.25) is 0 Å². The molecule has 0 heterocycles. The van der Waals surface area contributed by atoms with Crippen LogP contribution in [0, 0.1) is 11.7 Å². The van der Waals surface area contributed by atoms with Crippen LogP contribution in [0.1, 0.15) is 42.7 Å². The van der Waals surface area contributed by atoms with Gasteiger partial charge in [0.15, 0.2) is 11.6 Å². The van der Waals surface area contributed by atoms with Crippen molar-refractivity contribution in [3.05, 3.63) is 65.5 Å². The molecular weight excluding hydrogens is 291 g/mol. The highest BCUT2D eigenvalue weighted by atomic mass is 19.1. The van der Waals surface area contributed by atoms with Crippen molar-refractivity contribution >= 4 is 0 Å². The van der Waals surface area contributed by atoms with Crippen LogP contribution in [0.15, 0.2) is 48.5 Å². The van der Waals surface area contributed by atoms with E-state index in [1.54, 1.807) is 12.1 Å². The van der Waals surface area contributed by atoms with Crippen molar-refractivity contribution < 1.29 is 14.2 Å². The third kappa shape index (κ3) is 4.11. The summed E-state index contributed by atoms with van der Waals surface area (Å²) in [7, 11) is 0. The highest BCUT2D eigenvalue weighted by molar-refractivity contribution is 5.32. The van der Waals surface area contributed by atoms with Crippen LogP contribution in [0.3, 0.4) is 0 Å². The smallest absolute Gasteiger partial charge is 0.165 e. The molecule has 1 aliphatic rings. The number of hydrogen-bond acceptors (Lipinski definition) is 2. The van der Waals surface area contributed by atoms with E-state index in [4.69, 9.17) is 4.74 Å². The number of ether oxygens (including phenoxy) is 1. The second-order valence-electron chi connectivity index (χ2n) is 6.36. The number of hydrogen-bond donors (Lipinski definition) is 1. The van der Waals surface area contributed by atoms with Crippen molar-refractivity contribution in [1.82, 2.24) is 0 Å². The minimum Gasteiger partial charge on any atom is -0.486 e. The number of halogens is 1. The topological polar surface area (TPSA) is 29.5 Å². The number of aliphatic hydroxyl groups excluding tert-OH is 1. The molecule has 2 aromatic carbocycles. The Hall–Kier alpha value is -1.87. The Balaban J connectivity index is 1.62. The van der Waals surface area contributed by atoms with Crippen molar-refractivity contribution in [2.45, 2.75) is 38.2 Å². The molecule has 0 amide bonds. The number of aliphatic hydroxyl groups is 1. The van der Waals surface area contributed by atoms with E-state index in [-0.39, 0.29) is 12.4 Å². The predicted molar refractivity (Wildman–Crippen MR) is 89.0 cm³/mol. The zero-order valence-electron chi connectivity index (χ0n) is 13.2. The first kappa shape index (κ1) is 16.0. The van der Waals surface area contributed by atoms with Gasteiger partial charge in [0, 0.05) is 6.61 Å². The molecule has 23 heavy (non-hydrogen) atoms. The molecule has 1 aliphatic carbocycles. The molecule has 0 atom stereocenters. The Morgan fingerprint density at radius 3 is 2.39 bits per heavy atom. The van der Waals surface area contributed by atoms with E-state index < -0.39 is 0 Å². The van der Waals surface area contributed by atoms with Gasteiger partial charge in [-0.1, -0.05) is 36.4 Å². The zero-order chi connectivity index (χ0) is 16.1. The van der Waals surface area contributed by atoms with Crippen LogP contribution in [0.5, 0.6) is 5.75 Å². The van der Waals surface area contributed by atoms with Gasteiger partial charge in [-0.3, -0.25) is 0 Å². The van der Waals surface area contributed by atoms with Gasteiger partial charge in [-0.25, -0.2) is 4.39 Å². The van der Waals surface area contributed by atoms with Gasteiger partial charge in [0.05, 0.1) is 0 Å². The third-order valence-electron chi connectivity index (χ3n) is 4.77. The largest absolute Gasteiger partial charge is 0.486 e. The SMILES string of the molecule is OCC1CCC(c2ccc(OCc3ccccc3)c(F)c2)CC1. The quantitative estimate of drug-likeness (QED) is 0.869. The van der Waals surface area contributed by atoms with Gasteiger partial charge >= 0.3 is 0 Å². The van der Waals surface area contributed by atoms with Crippen LogP contribution in [-0.4, -0.2) is 11.7 Å². The van der Waals surface area contributed by atoms with Crippen molar-refractivity contribution in [2.75, 3.05) is 6.61 Å². The molecule has 0 saturated heterocycles. The lowest BCUT2D eigenvalue weighted by atomic mass is 9.79. The summed E-state index contributed by atoms with van der Waals surface area (Å²) in [5.74, 6) is 0.837. The minimum atomic E-state index is -0.289. The first-order chi connectivity index (χ1) is 11.3. The first-order valence-corrected chi connectivity index (χ1v) is 8.33. The van der Waals surface area contributed by atoms with E-state index in [9.17, 15) is 9.50 Å². The fraction of sp³-hybridized carbons (Fsp3) is 0.400. The summed E-state index contributed by atoms with van der Waals surface area (Å²) < 4.78 is 19.9. The summed E-state index contributed by atoms with van der Waals surface area (Å²) in [6, 6.07) is 15.1. The van der Waals surface area contributed by atoms with Crippen LogP contribution in [0.2, 0.25) is 0 Å². The molecule has 2 nitrogen and oxygen atoms in total. The first-order valence-electron chi connectivity index (χ1n) is 8.33. The number of rotatable bonds is 5. The van der Waals surface area contributed by atoms with Crippen LogP contribution >= 0.6 is 0 Å². The molecule has 122 valence electrons. The molecule has 3 rings (SSSR count). The maximum atomic E-state index is 14.3. The summed E-state index contributed by atoms with van der Waals surface area (Å²) >= 11 is 0. The Labute approximate surface area is 136 Å². The van der Waals surface area contributed by atoms with E-state index in [0.717, 1.165) is 36.8 Å². The molecule has 1 saturated carbocycles. The van der Waals surface area contributed by atoms with E-state index in [0.29, 0.717) is 24.2 Å². The summed E-state index contributed by atoms with van der Waals surface area (Å²) in [5.41, 5.74) is 2.07. The lowest BCUT2D eigenvalue weighted by molar-refractivity contribution is 0.182. The maximum Gasteiger partial charge on any atom is 0.165 e. The summed E-state index contributed by atoms with van der Waals surface area (Å²) in [4.78, 5) is 0. The molecule has 0 unspecified atom stereocenters. The Morgan fingerprint density at radius 1 is 1.00 bits per heavy atom. The second-order valence-corrected chi connectivity index (χ2v) is 6.36. The number of benzene rings is 2. The van der Waals surface area contributed by atoms with Gasteiger partial charge < -0.3 is 9.84 Å². The van der Waals surface area contributed by atoms with Gasteiger partial charge in [-0.15, -0.1) is 0 Å². The lowest BCUT2D eigenvalue weighted by Gasteiger charge is -2.27. The highest BCUT2D eigenvalue weighted by Gasteiger charge is 2.22. The minimum absolute atomic E-state index is 0.271. The normalized spacial score (nSPS) is 21.1. The summed E-state index contributed by atoms with van der Waals surface area (Å²) in [6.07, 6.45) is 4.09. The molecule has 1 fully saturated rings. The maximum absolute atomic E-state index is 14.3. The van der Waals surface area contributed by atoms with Crippen molar-refractivity contribution in [3.63, 3.8) is 0 Å². The van der Waals surface area contributed by atoms with Crippen molar-refractivity contribution in [2.24, 2.45) is 5.92 Å². The van der Waals surface area contributed by atoms with Crippen LogP contribution < -0.4 is 4.74 Å². The molecule has 0 radical (unpaired) electrons. The summed E-state index contributed by atoms with van der Waals surface area (Å²) in [6.45, 7) is 0.645. The molecule has 3 heteroatoms. The van der Waals surface area contributed by atoms with Gasteiger partial charge in [-0.05, 0) is 60.8 Å². The van der Waals surface area contributed by atoms with E-state index in [2.05, 4.69) is 0 Å². The van der Waals surface area contributed by atoms with E-state index >= 15 is 0 Å². The van der Waals surface area contributed by atoms with Gasteiger partial charge in [-0.2, -0.15) is 0 Å². The molecular formula is C20H23FO2. The fourth-order valence-corrected chi connectivity index (χ4v) is 3.30. The average Bonchev–Trinajstić information content (AvgIpc) is 2.61. The van der Waals surface area contributed by atoms with Crippen molar-refractivity contribution in [3.8, 4) is 5.75 Å². The van der Waals surface area contributed by atoms with E-state index in [1.807, 2.05) is 36.4 Å². The molecule has 2 aromatic rings. The molecule has 0 aliphatic heterocycles. The standard InChI is InChI=1S/C20H23FO2/c21-19-12-18(17-8-6-15(13-22)7-9-17)10-11-20(19)23-14-16-4-2-1-3-5-16/h1-5,10-12,15,17,22H,6-9,13-14H2. The average molecular weight is 314 g/mol. The molecule has 0 bridgehead atoms. The Bertz CT molecular complexity index is 619. The molecule has 1 N–H and O–H groups in total. The fourth-order valence-electron chi connectivity index (χ4n) is 3.30. The molecule has 0 aromatic heterocycles. The monoisotopic (exact) mass is 314 g/mol. The van der Waals surface area contributed by atoms with Crippen LogP contribution in [-0.2, 0) is 6.61 Å². The molecule has 0 spiro atoms. The van der Waals surface area contributed by atoms with Crippen LogP contribution in [0.4, 0.5) is 4.39 Å². The Kier molecular flexibility index (Phi) is 5.29. The van der Waals surface area contributed by atoms with Crippen LogP contribution in [0.25, 0.3) is 0 Å². The van der Waals surface area contributed by atoms with Gasteiger partial charge in [0.1, 0.15) is 6.61 Å².